The maximum absolute atomic E-state index is 13.0. The summed E-state index contributed by atoms with van der Waals surface area (Å²) in [6.07, 6.45) is 0.705. The summed E-state index contributed by atoms with van der Waals surface area (Å²) in [4.78, 5) is 32.8. The molecule has 0 amide bonds. The molecule has 3 heterocycles. The highest BCUT2D eigenvalue weighted by Crippen LogP contribution is 2.24. The molecule has 11 heteroatoms. The Bertz CT molecular complexity index is 1220. The molecule has 1 saturated heterocycles. The van der Waals surface area contributed by atoms with Gasteiger partial charge >= 0.3 is 5.97 Å². The normalized spacial score (nSPS) is 15.4. The van der Waals surface area contributed by atoms with Gasteiger partial charge < -0.3 is 14.5 Å². The number of aryl methyl sites for hydroxylation is 1. The number of pyridine rings is 1. The molecule has 194 valence electrons. The quantitative estimate of drug-likeness (QED) is 0.395. The van der Waals surface area contributed by atoms with E-state index in [2.05, 4.69) is 43.3 Å². The first kappa shape index (κ1) is 25.9. The number of ether oxygens (including phenoxy) is 2. The predicted octanol–water partition coefficient (Wildman–Crippen LogP) is 1.67. The number of rotatable bonds is 11. The molecule has 2 aromatic heterocycles. The summed E-state index contributed by atoms with van der Waals surface area (Å²) < 4.78 is 12.1. The fourth-order valence-corrected chi connectivity index (χ4v) is 4.64. The van der Waals surface area contributed by atoms with Gasteiger partial charge in [-0.3, -0.25) is 19.4 Å². The van der Waals surface area contributed by atoms with Gasteiger partial charge in [0.1, 0.15) is 6.54 Å². The molecule has 1 N–H and O–H groups in total. The summed E-state index contributed by atoms with van der Waals surface area (Å²) >= 11 is 0. The van der Waals surface area contributed by atoms with Gasteiger partial charge in [0.25, 0.3) is 5.56 Å². The van der Waals surface area contributed by atoms with Crippen LogP contribution in [0.25, 0.3) is 10.9 Å². The highest BCUT2D eigenvalue weighted by atomic mass is 16.5. The van der Waals surface area contributed by atoms with Crippen molar-refractivity contribution in [3.05, 3.63) is 51.6 Å². The fraction of sp³-hybridized carbons (Fsp3) is 0.560. The Hall–Kier alpha value is -3.15. The number of benzene rings is 1. The van der Waals surface area contributed by atoms with Crippen LogP contribution in [0.5, 0.6) is 0 Å². The zero-order valence-electron chi connectivity index (χ0n) is 21.3. The number of hydrogen-bond donors (Lipinski definition) is 1. The van der Waals surface area contributed by atoms with E-state index in [9.17, 15) is 9.59 Å². The minimum absolute atomic E-state index is 0.0557. The summed E-state index contributed by atoms with van der Waals surface area (Å²) in [5, 5.41) is 13.2. The summed E-state index contributed by atoms with van der Waals surface area (Å²) in [6, 6.07) is 7.78. The molecular weight excluding hydrogens is 462 g/mol. The molecule has 36 heavy (non-hydrogen) atoms. The van der Waals surface area contributed by atoms with Gasteiger partial charge in [-0.1, -0.05) is 18.6 Å². The minimum atomic E-state index is -0.387. The van der Waals surface area contributed by atoms with Gasteiger partial charge in [0.2, 0.25) is 0 Å². The number of esters is 1. The third kappa shape index (κ3) is 6.34. The molecule has 11 nitrogen and oxygen atoms in total. The lowest BCUT2D eigenvalue weighted by Crippen LogP contribution is -2.43. The number of fused-ring (bicyclic) bond motifs is 1. The number of aromatic nitrogens is 5. The van der Waals surface area contributed by atoms with Crippen LogP contribution in [0.15, 0.2) is 29.1 Å². The van der Waals surface area contributed by atoms with E-state index in [4.69, 9.17) is 9.47 Å². The van der Waals surface area contributed by atoms with Gasteiger partial charge in [-0.2, -0.15) is 0 Å². The van der Waals surface area contributed by atoms with Crippen LogP contribution in [0.1, 0.15) is 43.3 Å². The van der Waals surface area contributed by atoms with E-state index in [1.54, 1.807) is 6.92 Å². The van der Waals surface area contributed by atoms with Crippen molar-refractivity contribution in [2.45, 2.75) is 46.3 Å². The first-order valence-corrected chi connectivity index (χ1v) is 12.6. The number of aromatic amines is 1. The molecule has 1 atom stereocenters. The third-order valence-corrected chi connectivity index (χ3v) is 6.53. The van der Waals surface area contributed by atoms with Crippen LogP contribution in [-0.2, 0) is 27.4 Å². The molecule has 0 bridgehead atoms. The molecule has 0 aliphatic carbocycles. The largest absolute Gasteiger partial charge is 0.465 e. The molecule has 0 saturated carbocycles. The number of tetrazole rings is 1. The summed E-state index contributed by atoms with van der Waals surface area (Å²) in [5.41, 5.74) is 2.52. The van der Waals surface area contributed by atoms with Crippen molar-refractivity contribution in [1.29, 1.82) is 0 Å². The van der Waals surface area contributed by atoms with E-state index in [0.717, 1.165) is 49.3 Å². The molecule has 1 aliphatic heterocycles. The molecule has 3 aromatic rings. The first-order chi connectivity index (χ1) is 17.5. The molecule has 0 radical (unpaired) electrons. The minimum Gasteiger partial charge on any atom is -0.465 e. The van der Waals surface area contributed by atoms with Crippen LogP contribution in [0.3, 0.4) is 0 Å². The topological polar surface area (TPSA) is 118 Å². The highest BCUT2D eigenvalue weighted by Gasteiger charge is 2.27. The molecule has 1 fully saturated rings. The zero-order chi connectivity index (χ0) is 25.5. The van der Waals surface area contributed by atoms with Gasteiger partial charge in [0.05, 0.1) is 25.9 Å². The van der Waals surface area contributed by atoms with Crippen molar-refractivity contribution in [1.82, 2.24) is 35.0 Å². The van der Waals surface area contributed by atoms with E-state index in [1.807, 2.05) is 25.1 Å². The van der Waals surface area contributed by atoms with E-state index >= 15 is 0 Å². The molecule has 1 aromatic carbocycles. The Morgan fingerprint density at radius 2 is 2.06 bits per heavy atom. The Kier molecular flexibility index (Phi) is 8.79. The van der Waals surface area contributed by atoms with E-state index in [0.29, 0.717) is 37.5 Å². The third-order valence-electron chi connectivity index (χ3n) is 6.53. The van der Waals surface area contributed by atoms with Gasteiger partial charge in [-0.05, 0) is 54.3 Å². The number of nitrogens with zero attached hydrogens (tertiary/aromatic N) is 6. The molecule has 1 unspecified atom stereocenters. The van der Waals surface area contributed by atoms with E-state index in [1.165, 1.54) is 4.68 Å². The van der Waals surface area contributed by atoms with Gasteiger partial charge in [-0.15, -0.1) is 5.10 Å². The Labute approximate surface area is 210 Å². The lowest BCUT2D eigenvalue weighted by Gasteiger charge is -2.33. The van der Waals surface area contributed by atoms with E-state index in [-0.39, 0.29) is 24.1 Å². The zero-order valence-corrected chi connectivity index (χ0v) is 21.3. The standard InChI is InChI=1S/C25H35N7O4/c1-4-22(24-27-28-29-32(24)17-23(33)36-5-2)31(9-8-30-10-12-35-13-11-30)16-20-15-19-14-18(3)6-7-21(19)26-25(20)34/h6-7,14-15,22H,4-5,8-13,16-17H2,1-3H3,(H,26,34). The van der Waals surface area contributed by atoms with Crippen molar-refractivity contribution in [3.8, 4) is 0 Å². The van der Waals surface area contributed by atoms with Gasteiger partial charge in [0.15, 0.2) is 5.82 Å². The average molecular weight is 498 g/mol. The maximum atomic E-state index is 13.0. The SMILES string of the molecule is CCOC(=O)Cn1nnnc1C(CC)N(CCN1CCOCC1)Cc1cc2cc(C)ccc2[nH]c1=O. The van der Waals surface area contributed by atoms with Crippen molar-refractivity contribution >= 4 is 16.9 Å². The average Bonchev–Trinajstić information content (AvgIpc) is 3.31. The van der Waals surface area contributed by atoms with Crippen LogP contribution in [0, 0.1) is 6.92 Å². The molecule has 1 aliphatic rings. The predicted molar refractivity (Wildman–Crippen MR) is 134 cm³/mol. The van der Waals surface area contributed by atoms with Crippen LogP contribution in [0.2, 0.25) is 0 Å². The van der Waals surface area contributed by atoms with Crippen molar-refractivity contribution < 1.29 is 14.3 Å². The Balaban J connectivity index is 1.63. The summed E-state index contributed by atoms with van der Waals surface area (Å²) in [6.45, 7) is 11.2. The number of nitrogens with one attached hydrogen (secondary N) is 1. The number of carbonyl (C=O) groups excluding carboxylic acids is 1. The second kappa shape index (κ2) is 12.2. The Morgan fingerprint density at radius 1 is 1.25 bits per heavy atom. The number of H-pyrrole nitrogens is 1. The van der Waals surface area contributed by atoms with Crippen LogP contribution >= 0.6 is 0 Å². The second-order valence-electron chi connectivity index (χ2n) is 9.06. The summed E-state index contributed by atoms with van der Waals surface area (Å²) in [5.74, 6) is 0.197. The maximum Gasteiger partial charge on any atom is 0.327 e. The number of hydrogen-bond acceptors (Lipinski definition) is 9. The lowest BCUT2D eigenvalue weighted by atomic mass is 10.1. The summed E-state index contributed by atoms with van der Waals surface area (Å²) in [7, 11) is 0. The fourth-order valence-electron chi connectivity index (χ4n) is 4.64. The lowest BCUT2D eigenvalue weighted by molar-refractivity contribution is -0.144. The van der Waals surface area contributed by atoms with Crippen molar-refractivity contribution in [3.63, 3.8) is 0 Å². The van der Waals surface area contributed by atoms with Crippen LogP contribution in [0.4, 0.5) is 0 Å². The molecular formula is C25H35N7O4. The van der Waals surface area contributed by atoms with Gasteiger partial charge in [0, 0.05) is 43.8 Å². The van der Waals surface area contributed by atoms with Crippen LogP contribution < -0.4 is 5.56 Å². The monoisotopic (exact) mass is 497 g/mol. The van der Waals surface area contributed by atoms with Crippen LogP contribution in [-0.4, -0.2) is 87.0 Å². The van der Waals surface area contributed by atoms with Crippen molar-refractivity contribution in [2.75, 3.05) is 46.0 Å². The molecule has 0 spiro atoms. The first-order valence-electron chi connectivity index (χ1n) is 12.6. The second-order valence-corrected chi connectivity index (χ2v) is 9.06. The Morgan fingerprint density at radius 3 is 2.81 bits per heavy atom. The van der Waals surface area contributed by atoms with Crippen molar-refractivity contribution in [2.24, 2.45) is 0 Å². The number of carbonyl (C=O) groups is 1. The molecule has 4 rings (SSSR count). The number of morpholine rings is 1. The van der Waals surface area contributed by atoms with E-state index < -0.39 is 0 Å². The van der Waals surface area contributed by atoms with Gasteiger partial charge in [-0.25, -0.2) is 4.68 Å². The smallest absolute Gasteiger partial charge is 0.327 e. The highest BCUT2D eigenvalue weighted by molar-refractivity contribution is 5.79.